The number of hydrogen-bond acceptors (Lipinski definition) is 15. The number of fused-ring (bicyclic) bond motifs is 2. The summed E-state index contributed by atoms with van der Waals surface area (Å²) in [5.41, 5.74) is 4.31. The summed E-state index contributed by atoms with van der Waals surface area (Å²) in [7, 11) is -7.62. The van der Waals surface area contributed by atoms with Crippen molar-refractivity contribution in [1.82, 2.24) is 39.0 Å². The highest BCUT2D eigenvalue weighted by Gasteiger charge is 2.52. The Bertz CT molecular complexity index is 1920. The van der Waals surface area contributed by atoms with Crippen molar-refractivity contribution in [2.75, 3.05) is 18.9 Å². The van der Waals surface area contributed by atoms with Gasteiger partial charge < -0.3 is 30.2 Å². The largest absolute Gasteiger partial charge is 0.582 e. The van der Waals surface area contributed by atoms with Crippen molar-refractivity contribution in [3.8, 4) is 0 Å². The van der Waals surface area contributed by atoms with E-state index in [1.807, 2.05) is 0 Å². The minimum Gasteiger partial charge on any atom is -0.394 e. The second-order valence-electron chi connectivity index (χ2n) is 10.1. The number of thiol groups is 1. The predicted molar refractivity (Wildman–Crippen MR) is 152 cm³/mol. The lowest BCUT2D eigenvalue weighted by Crippen LogP contribution is -2.33. The number of nitrogens with two attached hydrogens (primary N) is 1. The summed E-state index contributed by atoms with van der Waals surface area (Å²) in [5, 5.41) is 9.64. The number of phosphoric acid groups is 1. The third kappa shape index (κ3) is 5.94. The molecule has 10 atom stereocenters. The van der Waals surface area contributed by atoms with Gasteiger partial charge in [-0.05, 0) is 4.57 Å². The number of nitrogens with zero attached hydrogens (tertiary/aromatic N) is 6. The van der Waals surface area contributed by atoms with E-state index in [-0.39, 0.29) is 28.3 Å². The van der Waals surface area contributed by atoms with Crippen molar-refractivity contribution in [3.63, 3.8) is 0 Å². The number of rotatable bonds is 10. The molecule has 4 aromatic rings. The fourth-order valence-corrected chi connectivity index (χ4v) is 7.10. The van der Waals surface area contributed by atoms with Crippen LogP contribution in [0.15, 0.2) is 28.6 Å². The van der Waals surface area contributed by atoms with E-state index in [1.54, 1.807) is 6.92 Å². The van der Waals surface area contributed by atoms with Gasteiger partial charge in [0.05, 0.1) is 32.2 Å². The number of aliphatic hydroxyl groups excluding tert-OH is 1. The van der Waals surface area contributed by atoms with Crippen molar-refractivity contribution in [2.45, 2.75) is 50.0 Å². The van der Waals surface area contributed by atoms with Gasteiger partial charge in [0.25, 0.3) is 11.1 Å². The van der Waals surface area contributed by atoms with E-state index in [2.05, 4.69) is 42.2 Å². The van der Waals surface area contributed by atoms with Crippen molar-refractivity contribution in [3.05, 3.63) is 39.7 Å². The number of aliphatic hydroxyl groups is 1. The third-order valence-electron chi connectivity index (χ3n) is 7.33. The maximum absolute atomic E-state index is 15.4. The number of hydrogen-bond donors (Lipinski definition) is 6. The first-order valence-corrected chi connectivity index (χ1v) is 16.9. The predicted octanol–water partition coefficient (Wildman–Crippen LogP) is 0.0709. The number of aromatic nitrogens is 8. The molecule has 0 saturated carbocycles. The van der Waals surface area contributed by atoms with E-state index in [0.717, 1.165) is 10.9 Å². The van der Waals surface area contributed by atoms with Crippen molar-refractivity contribution < 1.29 is 46.6 Å². The molecular weight excluding hydrogens is 667 g/mol. The monoisotopic (exact) mass is 692 g/mol. The van der Waals surface area contributed by atoms with Gasteiger partial charge in [0.2, 0.25) is 5.95 Å². The van der Waals surface area contributed by atoms with Crippen LogP contribution in [-0.4, -0.2) is 92.8 Å². The quantitative estimate of drug-likeness (QED) is 0.0948. The molecule has 0 aliphatic carbocycles. The van der Waals surface area contributed by atoms with Gasteiger partial charge >= 0.3 is 15.1 Å². The number of H-pyrrole nitrogens is 2. The van der Waals surface area contributed by atoms with Crippen molar-refractivity contribution in [2.24, 2.45) is 5.92 Å². The zero-order valence-electron chi connectivity index (χ0n) is 22.8. The summed E-state index contributed by atoms with van der Waals surface area (Å²) in [6.45, 7) is 0.161. The molecule has 2 aliphatic rings. The molecule has 0 aromatic carbocycles. The zero-order chi connectivity index (χ0) is 32.2. The number of alkyl halides is 1. The molecule has 10 unspecified atom stereocenters. The van der Waals surface area contributed by atoms with E-state index in [0.29, 0.717) is 0 Å². The molecule has 6 heterocycles. The first-order chi connectivity index (χ1) is 21.4. The van der Waals surface area contributed by atoms with Crippen molar-refractivity contribution in [1.29, 1.82) is 0 Å². The fraction of sp³-hybridized carbons (Fsp3) is 0.524. The van der Waals surface area contributed by atoms with E-state index in [9.17, 15) is 28.7 Å². The molecular formula is C21H25FN9O11P2S+. The van der Waals surface area contributed by atoms with Crippen LogP contribution >= 0.6 is 27.3 Å². The lowest BCUT2D eigenvalue weighted by molar-refractivity contribution is -0.0580. The smallest absolute Gasteiger partial charge is 0.394 e. The van der Waals surface area contributed by atoms with Gasteiger partial charge in [-0.25, -0.2) is 23.9 Å². The van der Waals surface area contributed by atoms with Crippen LogP contribution in [0.1, 0.15) is 19.4 Å². The Morgan fingerprint density at radius 3 is 2.47 bits per heavy atom. The van der Waals surface area contributed by atoms with Crippen LogP contribution in [0.3, 0.4) is 0 Å². The molecule has 4 aromatic heterocycles. The molecule has 2 saturated heterocycles. The molecule has 2 fully saturated rings. The second kappa shape index (κ2) is 12.2. The van der Waals surface area contributed by atoms with Crippen LogP contribution in [-0.2, 0) is 32.2 Å². The average molecular weight is 692 g/mol. The standard InChI is InChI=1S/C21H24FN9O11P2S/c1-7-13(41-43(35)45)9(40-19(7)30-5-26-11-15(30)24-4-25-17(11)33)3-38-44(36,37)42-14-10(22)8(2-32)39-20(14)31-6-27-12-16(31)28-21(23)29-18(12)34/h4-10,13-14,19-20,32H,2-3H2,1H3,(H5-,23,24,25,28,29,33,34,35,36,37,45)/p+1. The topological polar surface area (TPSA) is 274 Å². The molecule has 0 radical (unpaired) electrons. The second-order valence-corrected chi connectivity index (χ2v) is 13.2. The summed E-state index contributed by atoms with van der Waals surface area (Å²) in [5.74, 6) is -0.889. The molecule has 6 N–H and O–H groups in total. The lowest BCUT2D eigenvalue weighted by Gasteiger charge is -2.24. The average Bonchev–Trinajstić information content (AvgIpc) is 3.73. The van der Waals surface area contributed by atoms with Gasteiger partial charge in [-0.1, -0.05) is 6.92 Å². The van der Waals surface area contributed by atoms with E-state index >= 15 is 4.39 Å². The summed E-state index contributed by atoms with van der Waals surface area (Å²) >= 11 is 3.81. The van der Waals surface area contributed by atoms with E-state index < -0.39 is 88.3 Å². The van der Waals surface area contributed by atoms with Gasteiger partial charge in [-0.2, -0.15) is 4.98 Å². The Balaban J connectivity index is 1.23. The number of nitrogen functional groups attached to an aromatic ring is 1. The number of imidazole rings is 2. The van der Waals surface area contributed by atoms with Crippen LogP contribution in [0.25, 0.3) is 22.3 Å². The molecule has 0 bridgehead atoms. The van der Waals surface area contributed by atoms with E-state index in [4.69, 9.17) is 28.8 Å². The van der Waals surface area contributed by atoms with Gasteiger partial charge in [-0.3, -0.25) is 32.8 Å². The first kappa shape index (κ1) is 31.8. The minimum absolute atomic E-state index is 0.0301. The molecule has 0 amide bonds. The lowest BCUT2D eigenvalue weighted by atomic mass is 10.0. The van der Waals surface area contributed by atoms with Crippen LogP contribution in [0.5, 0.6) is 0 Å². The summed E-state index contributed by atoms with van der Waals surface area (Å²) < 4.78 is 70.4. The van der Waals surface area contributed by atoms with Crippen LogP contribution < -0.4 is 16.9 Å². The normalized spacial score (nSPS) is 30.3. The SMILES string of the molecule is CC1C(O[P+](=O)S)C(COP(=O)(O)OC2C(F)C(CO)OC2n2cnc3c(=O)[nH]c(N)nc32)OC1n1cnc2c(=O)[nH]cnc21. The highest BCUT2D eigenvalue weighted by molar-refractivity contribution is 8.39. The highest BCUT2D eigenvalue weighted by atomic mass is 32.7. The number of halogens is 1. The molecule has 20 nitrogen and oxygen atoms in total. The van der Waals surface area contributed by atoms with Crippen LogP contribution in [0, 0.1) is 5.92 Å². The summed E-state index contributed by atoms with van der Waals surface area (Å²) in [4.78, 5) is 55.7. The van der Waals surface area contributed by atoms with E-state index in [1.165, 1.54) is 17.2 Å². The number of anilines is 1. The summed E-state index contributed by atoms with van der Waals surface area (Å²) in [6, 6.07) is 0. The molecule has 45 heavy (non-hydrogen) atoms. The minimum atomic E-state index is -5.15. The molecule has 242 valence electrons. The Kier molecular flexibility index (Phi) is 8.63. The molecule has 6 rings (SSSR count). The van der Waals surface area contributed by atoms with Crippen LogP contribution in [0.4, 0.5) is 10.3 Å². The zero-order valence-corrected chi connectivity index (χ0v) is 25.5. The third-order valence-corrected chi connectivity index (χ3v) is 9.02. The maximum atomic E-state index is 15.4. The van der Waals surface area contributed by atoms with Gasteiger partial charge in [0.15, 0.2) is 34.7 Å². The fourth-order valence-electron chi connectivity index (χ4n) is 5.31. The first-order valence-electron chi connectivity index (χ1n) is 13.1. The number of phosphoric ester groups is 1. The van der Waals surface area contributed by atoms with Crippen LogP contribution in [0.2, 0.25) is 0 Å². The Hall–Kier alpha value is -3.17. The Labute approximate surface area is 255 Å². The van der Waals surface area contributed by atoms with Gasteiger partial charge in [0, 0.05) is 5.92 Å². The van der Waals surface area contributed by atoms with Gasteiger partial charge in [0.1, 0.15) is 42.9 Å². The highest BCUT2D eigenvalue weighted by Crippen LogP contribution is 2.51. The molecule has 2 aliphatic heterocycles. The summed E-state index contributed by atoms with van der Waals surface area (Å²) in [6.07, 6.45) is -6.57. The Morgan fingerprint density at radius 1 is 1.11 bits per heavy atom. The molecule has 24 heteroatoms. The number of nitrogens with one attached hydrogen (secondary N) is 2. The van der Waals surface area contributed by atoms with Gasteiger partial charge in [-0.15, -0.1) is 4.52 Å². The number of ether oxygens (including phenoxy) is 2. The molecule has 0 spiro atoms. The maximum Gasteiger partial charge on any atom is 0.582 e. The number of aromatic amines is 2. The van der Waals surface area contributed by atoms with Crippen molar-refractivity contribution >= 4 is 55.6 Å². The Morgan fingerprint density at radius 2 is 1.78 bits per heavy atom.